The van der Waals surface area contributed by atoms with Crippen molar-refractivity contribution in [2.24, 2.45) is 0 Å². The van der Waals surface area contributed by atoms with E-state index in [1.54, 1.807) is 18.5 Å². The highest BCUT2D eigenvalue weighted by Gasteiger charge is 2.21. The Morgan fingerprint density at radius 3 is 2.61 bits per heavy atom. The molecule has 2 N–H and O–H groups in total. The molecule has 1 fully saturated rings. The van der Waals surface area contributed by atoms with Gasteiger partial charge in [-0.2, -0.15) is 9.49 Å². The van der Waals surface area contributed by atoms with Gasteiger partial charge < -0.3 is 10.2 Å². The van der Waals surface area contributed by atoms with Crippen LogP contribution in [0.5, 0.6) is 0 Å². The number of nitrogens with one attached hydrogen (secondary N) is 2. The first-order valence-corrected chi connectivity index (χ1v) is 12.2. The van der Waals surface area contributed by atoms with Crippen LogP contribution in [0, 0.1) is 11.8 Å². The molecule has 7 rings (SSSR count). The number of pyridine rings is 2. The lowest BCUT2D eigenvalue weighted by Crippen LogP contribution is -2.43. The van der Waals surface area contributed by atoms with Crippen molar-refractivity contribution in [3.05, 3.63) is 79.1 Å². The second-order valence-electron chi connectivity index (χ2n) is 9.06. The maximum atomic E-state index is 14.9. The molecule has 9 nitrogen and oxygen atoms in total. The van der Waals surface area contributed by atoms with E-state index in [1.807, 2.05) is 28.8 Å². The topological polar surface area (TPSA) is 100 Å². The van der Waals surface area contributed by atoms with Crippen molar-refractivity contribution in [1.29, 1.82) is 0 Å². The zero-order chi connectivity index (χ0) is 25.6. The van der Waals surface area contributed by atoms with Gasteiger partial charge in [0.1, 0.15) is 18.5 Å². The van der Waals surface area contributed by atoms with Gasteiger partial charge >= 0.3 is 0 Å². The minimum Gasteiger partial charge on any atom is -0.354 e. The number of halogens is 2. The van der Waals surface area contributed by atoms with Crippen LogP contribution >= 0.6 is 0 Å². The summed E-state index contributed by atoms with van der Waals surface area (Å²) in [7, 11) is 0. The normalized spacial score (nSPS) is 14.0. The molecule has 0 atom stereocenters. The summed E-state index contributed by atoms with van der Waals surface area (Å²) in [5.41, 5.74) is 4.26. The highest BCUT2D eigenvalue weighted by Crippen LogP contribution is 2.36. The molecule has 0 aliphatic carbocycles. The van der Waals surface area contributed by atoms with Gasteiger partial charge in [-0.05, 0) is 29.8 Å². The molecule has 1 saturated heterocycles. The SMILES string of the molecule is Fc1nccc(-c2cc(-c3ncn[nH]3)c3ncn(-c4cc(N5CCNCC5)nc5ccccc45)c3c2)c1F. The third kappa shape index (κ3) is 3.67. The second-order valence-corrected chi connectivity index (χ2v) is 9.06. The van der Waals surface area contributed by atoms with E-state index in [1.165, 1.54) is 18.6 Å². The number of aromatic amines is 1. The van der Waals surface area contributed by atoms with Crippen molar-refractivity contribution < 1.29 is 8.78 Å². The van der Waals surface area contributed by atoms with Crippen molar-refractivity contribution >= 4 is 27.8 Å². The van der Waals surface area contributed by atoms with E-state index in [0.29, 0.717) is 28.0 Å². The number of para-hydroxylation sites is 1. The molecule has 4 aromatic heterocycles. The molecular formula is C27H21F2N9. The van der Waals surface area contributed by atoms with Crippen LogP contribution in [-0.4, -0.2) is 60.9 Å². The lowest BCUT2D eigenvalue weighted by Gasteiger charge is -2.29. The number of fused-ring (bicyclic) bond motifs is 2. The van der Waals surface area contributed by atoms with E-state index in [2.05, 4.69) is 36.4 Å². The molecule has 38 heavy (non-hydrogen) atoms. The Kier molecular flexibility index (Phi) is 5.29. The fourth-order valence-electron chi connectivity index (χ4n) is 5.02. The fraction of sp³-hybridized carbons (Fsp3) is 0.148. The summed E-state index contributed by atoms with van der Waals surface area (Å²) in [6.07, 6.45) is 4.38. The number of aromatic nitrogens is 7. The maximum absolute atomic E-state index is 14.9. The first-order chi connectivity index (χ1) is 18.7. The summed E-state index contributed by atoms with van der Waals surface area (Å²) >= 11 is 0. The average Bonchev–Trinajstić information content (AvgIpc) is 3.65. The van der Waals surface area contributed by atoms with E-state index >= 15 is 0 Å². The summed E-state index contributed by atoms with van der Waals surface area (Å²) in [6.45, 7) is 3.47. The van der Waals surface area contributed by atoms with Crippen LogP contribution in [0.15, 0.2) is 67.4 Å². The van der Waals surface area contributed by atoms with E-state index in [-0.39, 0.29) is 5.56 Å². The van der Waals surface area contributed by atoms with Crippen LogP contribution in [0.25, 0.3) is 50.1 Å². The lowest BCUT2D eigenvalue weighted by atomic mass is 10.0. The third-order valence-corrected chi connectivity index (χ3v) is 6.86. The summed E-state index contributed by atoms with van der Waals surface area (Å²) in [4.78, 5) is 19.7. The van der Waals surface area contributed by atoms with Crippen LogP contribution < -0.4 is 10.2 Å². The standard InChI is InChI=1S/C27H21F2N9/c28-24-17(5-6-31-26(24)29)16-11-19(27-32-14-34-36-27)25-22(12-16)38(15-33-25)21-13-23(37-9-7-30-8-10-37)35-20-4-2-1-3-18(20)21/h1-6,11-15,30H,7-10H2,(H,32,34,36). The minimum absolute atomic E-state index is 0.0917. The zero-order valence-corrected chi connectivity index (χ0v) is 20.1. The average molecular weight is 510 g/mol. The van der Waals surface area contributed by atoms with Gasteiger partial charge in [0.2, 0.25) is 5.95 Å². The molecule has 0 bridgehead atoms. The summed E-state index contributed by atoms with van der Waals surface area (Å²) in [6, 6.07) is 15.0. The lowest BCUT2D eigenvalue weighted by molar-refractivity contribution is 0.482. The van der Waals surface area contributed by atoms with Gasteiger partial charge in [-0.15, -0.1) is 0 Å². The van der Waals surface area contributed by atoms with Crippen LogP contribution in [-0.2, 0) is 0 Å². The van der Waals surface area contributed by atoms with Gasteiger partial charge in [0.05, 0.1) is 22.2 Å². The number of nitrogens with zero attached hydrogens (tertiary/aromatic N) is 7. The van der Waals surface area contributed by atoms with Gasteiger partial charge in [0.15, 0.2) is 11.6 Å². The molecule has 0 amide bonds. The molecule has 5 heterocycles. The quantitative estimate of drug-likeness (QED) is 0.345. The van der Waals surface area contributed by atoms with Crippen LogP contribution in [0.4, 0.5) is 14.6 Å². The van der Waals surface area contributed by atoms with Gasteiger partial charge in [-0.25, -0.2) is 24.3 Å². The van der Waals surface area contributed by atoms with Crippen molar-refractivity contribution in [2.45, 2.75) is 0 Å². The number of hydrogen-bond acceptors (Lipinski definition) is 7. The molecule has 2 aromatic carbocycles. The molecular weight excluding hydrogens is 488 g/mol. The predicted octanol–water partition coefficient (Wildman–Crippen LogP) is 4.11. The smallest absolute Gasteiger partial charge is 0.249 e. The summed E-state index contributed by atoms with van der Waals surface area (Å²) < 4.78 is 30.9. The highest BCUT2D eigenvalue weighted by molar-refractivity contribution is 5.98. The van der Waals surface area contributed by atoms with Gasteiger partial charge in [-0.1, -0.05) is 18.2 Å². The Morgan fingerprint density at radius 2 is 1.76 bits per heavy atom. The number of hydrogen-bond donors (Lipinski definition) is 2. The Bertz CT molecular complexity index is 1790. The van der Waals surface area contributed by atoms with Crippen molar-refractivity contribution in [1.82, 2.24) is 40.0 Å². The molecule has 188 valence electrons. The molecule has 11 heteroatoms. The van der Waals surface area contributed by atoms with Crippen molar-refractivity contribution in [2.75, 3.05) is 31.1 Å². The number of piperazine rings is 1. The molecule has 6 aromatic rings. The predicted molar refractivity (Wildman–Crippen MR) is 140 cm³/mol. The third-order valence-electron chi connectivity index (χ3n) is 6.86. The van der Waals surface area contributed by atoms with Crippen molar-refractivity contribution in [3.63, 3.8) is 0 Å². The second kappa shape index (κ2) is 8.96. The van der Waals surface area contributed by atoms with Crippen molar-refractivity contribution in [3.8, 4) is 28.2 Å². The molecule has 0 saturated carbocycles. The number of rotatable bonds is 4. The Hall–Kier alpha value is -4.77. The Balaban J connectivity index is 1.51. The van der Waals surface area contributed by atoms with E-state index < -0.39 is 11.8 Å². The highest BCUT2D eigenvalue weighted by atomic mass is 19.2. The Labute approximate surface area is 215 Å². The molecule has 0 spiro atoms. The van der Waals surface area contributed by atoms with Crippen LogP contribution in [0.1, 0.15) is 0 Å². The maximum Gasteiger partial charge on any atom is 0.249 e. The van der Waals surface area contributed by atoms with Crippen LogP contribution in [0.3, 0.4) is 0 Å². The Morgan fingerprint density at radius 1 is 0.895 bits per heavy atom. The fourth-order valence-corrected chi connectivity index (χ4v) is 5.02. The summed E-state index contributed by atoms with van der Waals surface area (Å²) in [5, 5.41) is 11.2. The molecule has 1 aliphatic heterocycles. The van der Waals surface area contributed by atoms with E-state index in [4.69, 9.17) is 9.97 Å². The number of imidazole rings is 1. The number of H-pyrrole nitrogens is 1. The van der Waals surface area contributed by atoms with E-state index in [0.717, 1.165) is 48.6 Å². The molecule has 1 aliphatic rings. The number of benzene rings is 2. The summed E-state index contributed by atoms with van der Waals surface area (Å²) in [5.74, 6) is -0.830. The van der Waals surface area contributed by atoms with Gasteiger partial charge in [0.25, 0.3) is 0 Å². The van der Waals surface area contributed by atoms with E-state index in [9.17, 15) is 8.78 Å². The van der Waals surface area contributed by atoms with Crippen LogP contribution in [0.2, 0.25) is 0 Å². The minimum atomic E-state index is -1.15. The number of anilines is 1. The molecule has 0 unspecified atom stereocenters. The van der Waals surface area contributed by atoms with Gasteiger partial charge in [-0.3, -0.25) is 9.67 Å². The zero-order valence-electron chi connectivity index (χ0n) is 20.1. The van der Waals surface area contributed by atoms with Gasteiger partial charge in [0, 0.05) is 55.0 Å². The first kappa shape index (κ1) is 22.4. The first-order valence-electron chi connectivity index (χ1n) is 12.2. The largest absolute Gasteiger partial charge is 0.354 e. The monoisotopic (exact) mass is 509 g/mol. The molecule has 0 radical (unpaired) electrons.